The Hall–Kier alpha value is -1.94. The molecule has 0 fully saturated rings. The van der Waals surface area contributed by atoms with Crippen molar-refractivity contribution in [2.75, 3.05) is 0 Å². The Morgan fingerprint density at radius 2 is 1.91 bits per heavy atom. The average Bonchev–Trinajstić information content (AvgIpc) is 2.56. The van der Waals surface area contributed by atoms with Gasteiger partial charge in [-0.2, -0.15) is 0 Å². The Balaban J connectivity index is 2.39. The van der Waals surface area contributed by atoms with E-state index in [-0.39, 0.29) is 18.1 Å². The average molecular weight is 315 g/mol. The van der Waals surface area contributed by atoms with Gasteiger partial charge in [0.15, 0.2) is 5.78 Å². The van der Waals surface area contributed by atoms with Crippen molar-refractivity contribution in [3.05, 3.63) is 47.5 Å². The zero-order valence-electron chi connectivity index (χ0n) is 14.2. The first-order valence-electron chi connectivity index (χ1n) is 7.93. The Kier molecular flexibility index (Phi) is 5.05. The number of hydrogen-bond acceptors (Lipinski definition) is 3. The number of ketones is 1. The van der Waals surface area contributed by atoms with Crippen LogP contribution in [0.2, 0.25) is 0 Å². The first-order valence-corrected chi connectivity index (χ1v) is 7.93. The lowest BCUT2D eigenvalue weighted by Gasteiger charge is -2.38. The Bertz CT molecular complexity index is 619. The summed E-state index contributed by atoms with van der Waals surface area (Å²) >= 11 is 0. The summed E-state index contributed by atoms with van der Waals surface area (Å²) in [6.45, 7) is 7.40. The van der Waals surface area contributed by atoms with Crippen LogP contribution in [0.4, 0.5) is 0 Å². The van der Waals surface area contributed by atoms with Crippen LogP contribution in [-0.4, -0.2) is 33.8 Å². The van der Waals surface area contributed by atoms with E-state index in [1.54, 1.807) is 17.9 Å². The van der Waals surface area contributed by atoms with Crippen molar-refractivity contribution in [3.63, 3.8) is 0 Å². The van der Waals surface area contributed by atoms with Crippen LogP contribution in [-0.2, 0) is 16.1 Å². The standard InChI is InChI=1S/C19H25NO3/c1-13-10-16(18(23)19(3,4)11-17(13)22)20(14(2)21)12-15-8-6-5-7-9-15/h5-10,16,18,23H,11-12H2,1-4H3. The van der Waals surface area contributed by atoms with Crippen LogP contribution in [0.5, 0.6) is 0 Å². The minimum absolute atomic E-state index is 0.0276. The number of carbonyl (C=O) groups excluding carboxylic acids is 2. The number of aliphatic hydroxyl groups is 1. The maximum Gasteiger partial charge on any atom is 0.220 e. The third-order valence-corrected chi connectivity index (χ3v) is 4.56. The highest BCUT2D eigenvalue weighted by Crippen LogP contribution is 2.34. The summed E-state index contributed by atoms with van der Waals surface area (Å²) in [5, 5.41) is 10.8. The number of carbonyl (C=O) groups is 2. The fraction of sp³-hybridized carbons (Fsp3) is 0.474. The first kappa shape index (κ1) is 17.4. The number of nitrogens with zero attached hydrogens (tertiary/aromatic N) is 1. The molecule has 1 aromatic carbocycles. The van der Waals surface area contributed by atoms with Crippen LogP contribution in [0.25, 0.3) is 0 Å². The van der Waals surface area contributed by atoms with Crippen molar-refractivity contribution >= 4 is 11.7 Å². The van der Waals surface area contributed by atoms with Crippen LogP contribution in [0.3, 0.4) is 0 Å². The van der Waals surface area contributed by atoms with E-state index in [2.05, 4.69) is 0 Å². The molecule has 4 heteroatoms. The lowest BCUT2D eigenvalue weighted by Crippen LogP contribution is -2.49. The molecule has 0 spiro atoms. The molecule has 2 unspecified atom stereocenters. The maximum atomic E-state index is 12.2. The molecule has 0 heterocycles. The van der Waals surface area contributed by atoms with Gasteiger partial charge in [0.05, 0.1) is 12.1 Å². The second-order valence-electron chi connectivity index (χ2n) is 7.01. The van der Waals surface area contributed by atoms with Gasteiger partial charge < -0.3 is 10.0 Å². The van der Waals surface area contributed by atoms with Gasteiger partial charge in [-0.3, -0.25) is 9.59 Å². The van der Waals surface area contributed by atoms with Gasteiger partial charge in [-0.25, -0.2) is 0 Å². The van der Waals surface area contributed by atoms with Crippen LogP contribution < -0.4 is 0 Å². The number of aliphatic hydroxyl groups excluding tert-OH is 1. The molecule has 0 aliphatic heterocycles. The zero-order valence-corrected chi connectivity index (χ0v) is 14.2. The molecule has 2 atom stereocenters. The number of Topliss-reactive ketones (excluding diaryl/α,β-unsaturated/α-hetero) is 1. The lowest BCUT2D eigenvalue weighted by molar-refractivity contribution is -0.135. The zero-order chi connectivity index (χ0) is 17.2. The van der Waals surface area contributed by atoms with Crippen molar-refractivity contribution < 1.29 is 14.7 Å². The summed E-state index contributed by atoms with van der Waals surface area (Å²) in [6, 6.07) is 9.16. The Morgan fingerprint density at radius 1 is 1.30 bits per heavy atom. The monoisotopic (exact) mass is 315 g/mol. The van der Waals surface area contributed by atoms with E-state index in [4.69, 9.17) is 0 Å². The largest absolute Gasteiger partial charge is 0.390 e. The van der Waals surface area contributed by atoms with Crippen molar-refractivity contribution in [1.82, 2.24) is 4.90 Å². The Morgan fingerprint density at radius 3 is 2.48 bits per heavy atom. The summed E-state index contributed by atoms with van der Waals surface area (Å²) < 4.78 is 0. The topological polar surface area (TPSA) is 57.6 Å². The van der Waals surface area contributed by atoms with Crippen LogP contribution >= 0.6 is 0 Å². The third kappa shape index (κ3) is 3.88. The van der Waals surface area contributed by atoms with Crippen molar-refractivity contribution in [2.45, 2.75) is 52.8 Å². The van der Waals surface area contributed by atoms with Crippen LogP contribution in [0.15, 0.2) is 42.0 Å². The second kappa shape index (κ2) is 6.67. The van der Waals surface area contributed by atoms with Gasteiger partial charge in [-0.15, -0.1) is 0 Å². The molecule has 1 amide bonds. The summed E-state index contributed by atoms with van der Waals surface area (Å²) in [5.74, 6) is -0.0909. The van der Waals surface area contributed by atoms with Gasteiger partial charge in [0.25, 0.3) is 0 Å². The molecule has 0 saturated carbocycles. The number of benzene rings is 1. The fourth-order valence-corrected chi connectivity index (χ4v) is 3.03. The number of hydrogen-bond donors (Lipinski definition) is 1. The highest BCUT2D eigenvalue weighted by atomic mass is 16.3. The van der Waals surface area contributed by atoms with E-state index < -0.39 is 17.6 Å². The van der Waals surface area contributed by atoms with Gasteiger partial charge in [-0.05, 0) is 18.1 Å². The molecule has 124 valence electrons. The minimum Gasteiger partial charge on any atom is -0.390 e. The number of amides is 1. The number of rotatable bonds is 3. The molecule has 1 aliphatic carbocycles. The quantitative estimate of drug-likeness (QED) is 0.933. The molecule has 4 nitrogen and oxygen atoms in total. The molecule has 0 saturated heterocycles. The predicted octanol–water partition coefficient (Wildman–Crippen LogP) is 2.71. The first-order chi connectivity index (χ1) is 10.7. The molecule has 0 bridgehead atoms. The molecular weight excluding hydrogens is 290 g/mol. The summed E-state index contributed by atoms with van der Waals surface area (Å²) in [4.78, 5) is 26.0. The second-order valence-corrected chi connectivity index (χ2v) is 7.01. The molecule has 1 aliphatic rings. The summed E-state index contributed by atoms with van der Waals surface area (Å²) in [5.41, 5.74) is 1.02. The smallest absolute Gasteiger partial charge is 0.220 e. The number of allylic oxidation sites excluding steroid dienone is 1. The fourth-order valence-electron chi connectivity index (χ4n) is 3.03. The molecular formula is C19H25NO3. The van der Waals surface area contributed by atoms with Gasteiger partial charge in [-0.1, -0.05) is 50.3 Å². The molecule has 0 aromatic heterocycles. The van der Waals surface area contributed by atoms with Crippen LogP contribution in [0, 0.1) is 5.41 Å². The Labute approximate surface area is 137 Å². The van der Waals surface area contributed by atoms with Gasteiger partial charge in [0.1, 0.15) is 0 Å². The SMILES string of the molecule is CC(=O)N(Cc1ccccc1)C1C=C(C)C(=O)CC(C)(C)C1O. The van der Waals surface area contributed by atoms with Crippen LogP contribution in [0.1, 0.15) is 39.7 Å². The minimum atomic E-state index is -0.795. The van der Waals surface area contributed by atoms with Gasteiger partial charge >= 0.3 is 0 Å². The van der Waals surface area contributed by atoms with E-state index in [0.29, 0.717) is 12.1 Å². The van der Waals surface area contributed by atoms with Gasteiger partial charge in [0, 0.05) is 25.3 Å². The van der Waals surface area contributed by atoms with Gasteiger partial charge in [0.2, 0.25) is 5.91 Å². The van der Waals surface area contributed by atoms with E-state index in [0.717, 1.165) is 5.56 Å². The normalized spacial score (nSPS) is 23.9. The molecule has 1 N–H and O–H groups in total. The molecule has 0 radical (unpaired) electrons. The lowest BCUT2D eigenvalue weighted by atomic mass is 9.79. The molecule has 23 heavy (non-hydrogen) atoms. The van der Waals surface area contributed by atoms with E-state index >= 15 is 0 Å². The summed E-state index contributed by atoms with van der Waals surface area (Å²) in [6.07, 6.45) is 1.23. The third-order valence-electron chi connectivity index (χ3n) is 4.56. The van der Waals surface area contributed by atoms with Crippen molar-refractivity contribution in [3.8, 4) is 0 Å². The van der Waals surface area contributed by atoms with Crippen molar-refractivity contribution in [2.24, 2.45) is 5.41 Å². The summed E-state index contributed by atoms with van der Waals surface area (Å²) in [7, 11) is 0. The van der Waals surface area contributed by atoms with Crippen molar-refractivity contribution in [1.29, 1.82) is 0 Å². The molecule has 2 rings (SSSR count). The molecule has 1 aromatic rings. The predicted molar refractivity (Wildman–Crippen MR) is 89.6 cm³/mol. The maximum absolute atomic E-state index is 12.2. The van der Waals surface area contributed by atoms with E-state index in [1.807, 2.05) is 44.2 Å². The van der Waals surface area contributed by atoms with E-state index in [9.17, 15) is 14.7 Å². The highest BCUT2D eigenvalue weighted by molar-refractivity contribution is 5.95. The van der Waals surface area contributed by atoms with E-state index in [1.165, 1.54) is 6.92 Å². The highest BCUT2D eigenvalue weighted by Gasteiger charge is 2.41.